The van der Waals surface area contributed by atoms with Crippen LogP contribution in [0.4, 0.5) is 5.69 Å². The molecule has 41 heavy (non-hydrogen) atoms. The molecule has 2 aromatic carbocycles. The Kier molecular flexibility index (Phi) is 10.3. The van der Waals surface area contributed by atoms with Crippen LogP contribution in [0.1, 0.15) is 85.1 Å². The Morgan fingerprint density at radius 1 is 1.00 bits per heavy atom. The fraction of sp³-hybridized carbons (Fsp3) is 0.469. The number of nitrogens with one attached hydrogen (secondary N) is 2. The molecule has 0 spiro atoms. The van der Waals surface area contributed by atoms with Crippen LogP contribution in [0.15, 0.2) is 48.5 Å². The molecule has 0 unspecified atom stereocenters. The molecule has 9 heteroatoms. The molecule has 2 aliphatic rings. The van der Waals surface area contributed by atoms with Gasteiger partial charge in [-0.15, -0.1) is 0 Å². The molecule has 2 aromatic rings. The molecule has 1 heterocycles. The second-order valence-electron chi connectivity index (χ2n) is 10.7. The molecule has 0 saturated heterocycles. The van der Waals surface area contributed by atoms with E-state index in [0.29, 0.717) is 49.8 Å². The predicted octanol–water partition coefficient (Wildman–Crippen LogP) is 3.99. The summed E-state index contributed by atoms with van der Waals surface area (Å²) in [5.41, 5.74) is 2.62. The number of ketones is 1. The van der Waals surface area contributed by atoms with Crippen LogP contribution in [-0.2, 0) is 25.5 Å². The lowest BCUT2D eigenvalue weighted by atomic mass is 9.98. The minimum absolute atomic E-state index is 0.0341. The molecule has 3 atom stereocenters. The number of hydrogen-bond donors (Lipinski definition) is 2. The van der Waals surface area contributed by atoms with Crippen molar-refractivity contribution in [1.82, 2.24) is 10.6 Å². The van der Waals surface area contributed by atoms with Crippen molar-refractivity contribution in [1.29, 1.82) is 0 Å². The summed E-state index contributed by atoms with van der Waals surface area (Å²) in [6, 6.07) is 12.8. The summed E-state index contributed by atoms with van der Waals surface area (Å²) >= 11 is 0. The number of benzene rings is 2. The Morgan fingerprint density at radius 2 is 1.78 bits per heavy atom. The molecule has 218 valence electrons. The quantitative estimate of drug-likeness (QED) is 0.299. The van der Waals surface area contributed by atoms with Gasteiger partial charge in [-0.2, -0.15) is 0 Å². The van der Waals surface area contributed by atoms with Crippen LogP contribution in [0.25, 0.3) is 0 Å². The zero-order valence-electron chi connectivity index (χ0n) is 23.8. The normalized spacial score (nSPS) is 18.8. The number of Topliss-reactive ketones (excluding diaryl/α,β-unsaturated/α-hetero) is 1. The van der Waals surface area contributed by atoms with Crippen molar-refractivity contribution < 1.29 is 28.7 Å². The lowest BCUT2D eigenvalue weighted by molar-refractivity contribution is -0.148. The Hall–Kier alpha value is -4.01. The van der Waals surface area contributed by atoms with Gasteiger partial charge in [-0.1, -0.05) is 62.6 Å². The molecule has 2 N–H and O–H groups in total. The summed E-state index contributed by atoms with van der Waals surface area (Å²) < 4.78 is 5.34. The van der Waals surface area contributed by atoms with E-state index in [-0.39, 0.29) is 30.1 Å². The van der Waals surface area contributed by atoms with E-state index in [1.54, 1.807) is 47.4 Å². The van der Waals surface area contributed by atoms with Crippen LogP contribution in [0.3, 0.4) is 0 Å². The van der Waals surface area contributed by atoms with Crippen LogP contribution < -0.4 is 15.5 Å². The number of nitrogens with zero attached hydrogens (tertiary/aromatic N) is 1. The lowest BCUT2D eigenvalue weighted by Crippen LogP contribution is -2.51. The number of carbonyl (C=O) groups excluding carboxylic acids is 5. The zero-order chi connectivity index (χ0) is 29.4. The summed E-state index contributed by atoms with van der Waals surface area (Å²) in [7, 11) is 0. The molecule has 0 radical (unpaired) electrons. The molecule has 4 rings (SSSR count). The third kappa shape index (κ3) is 7.39. The molecule has 0 bridgehead atoms. The molecule has 0 aromatic heterocycles. The van der Waals surface area contributed by atoms with Gasteiger partial charge in [-0.25, -0.2) is 0 Å². The van der Waals surface area contributed by atoms with Crippen LogP contribution >= 0.6 is 0 Å². The second-order valence-corrected chi connectivity index (χ2v) is 10.7. The van der Waals surface area contributed by atoms with Crippen LogP contribution in [0.5, 0.6) is 0 Å². The van der Waals surface area contributed by atoms with Gasteiger partial charge in [0.25, 0.3) is 5.91 Å². The van der Waals surface area contributed by atoms with Gasteiger partial charge in [-0.05, 0) is 50.3 Å². The Labute approximate surface area is 241 Å². The first-order chi connectivity index (χ1) is 19.8. The van der Waals surface area contributed by atoms with E-state index < -0.39 is 24.0 Å². The summed E-state index contributed by atoms with van der Waals surface area (Å²) in [5.74, 6) is -2.04. The maximum absolute atomic E-state index is 13.4. The lowest BCUT2D eigenvalue weighted by Gasteiger charge is -2.29. The monoisotopic (exact) mass is 561 g/mol. The molecule has 1 fully saturated rings. The van der Waals surface area contributed by atoms with E-state index in [9.17, 15) is 24.0 Å². The first kappa shape index (κ1) is 30.0. The Balaban J connectivity index is 1.38. The van der Waals surface area contributed by atoms with Crippen LogP contribution in [0.2, 0.25) is 0 Å². The first-order valence-corrected chi connectivity index (χ1v) is 14.6. The van der Waals surface area contributed by atoms with E-state index in [0.717, 1.165) is 30.5 Å². The average molecular weight is 562 g/mol. The van der Waals surface area contributed by atoms with Crippen LogP contribution in [-0.4, -0.2) is 54.7 Å². The standard InChI is InChI=1S/C32H39N3O6/c1-3-5-13-26(34-30(38)23-16-15-21-17-18-29(37)35(4-2)27(21)19-23)31(39)33-25-14-9-12-24(25)32(40)41-20-28(36)22-10-7-6-8-11-22/h6-8,10-11,15-16,19,24-26H,3-5,9,12-14,17-18,20H2,1-2H3,(H,33,39)(H,34,38)/t24-,25+,26+/m1/s1. The third-order valence-electron chi connectivity index (χ3n) is 7.92. The second kappa shape index (κ2) is 14.1. The van der Waals surface area contributed by atoms with E-state index in [4.69, 9.17) is 4.74 Å². The van der Waals surface area contributed by atoms with Gasteiger partial charge in [-0.3, -0.25) is 24.0 Å². The number of esters is 1. The van der Waals surface area contributed by atoms with Crippen molar-refractivity contribution in [3.63, 3.8) is 0 Å². The van der Waals surface area contributed by atoms with Gasteiger partial charge in [0.2, 0.25) is 11.8 Å². The predicted molar refractivity (Wildman–Crippen MR) is 155 cm³/mol. The smallest absolute Gasteiger partial charge is 0.311 e. The van der Waals surface area contributed by atoms with Crippen molar-refractivity contribution in [2.24, 2.45) is 5.92 Å². The molecule has 3 amide bonds. The number of anilines is 1. The van der Waals surface area contributed by atoms with Gasteiger partial charge < -0.3 is 20.3 Å². The van der Waals surface area contributed by atoms with Crippen molar-refractivity contribution in [3.8, 4) is 0 Å². The highest BCUT2D eigenvalue weighted by atomic mass is 16.5. The molecule has 1 aliphatic heterocycles. The van der Waals surface area contributed by atoms with Gasteiger partial charge in [0, 0.05) is 35.8 Å². The average Bonchev–Trinajstić information content (AvgIpc) is 3.45. The van der Waals surface area contributed by atoms with E-state index in [1.165, 1.54) is 0 Å². The van der Waals surface area contributed by atoms with Crippen molar-refractivity contribution >= 4 is 35.2 Å². The molecular weight excluding hydrogens is 522 g/mol. The fourth-order valence-electron chi connectivity index (χ4n) is 5.59. The minimum atomic E-state index is -0.778. The highest BCUT2D eigenvalue weighted by Gasteiger charge is 2.37. The first-order valence-electron chi connectivity index (χ1n) is 14.6. The maximum Gasteiger partial charge on any atom is 0.311 e. The highest BCUT2D eigenvalue weighted by molar-refractivity contribution is 6.01. The van der Waals surface area contributed by atoms with Gasteiger partial charge in [0.05, 0.1) is 5.92 Å². The molecular formula is C32H39N3O6. The Bertz CT molecular complexity index is 1280. The van der Waals surface area contributed by atoms with Crippen molar-refractivity contribution in [2.75, 3.05) is 18.1 Å². The third-order valence-corrected chi connectivity index (χ3v) is 7.92. The Morgan fingerprint density at radius 3 is 2.51 bits per heavy atom. The zero-order valence-corrected chi connectivity index (χ0v) is 23.8. The van der Waals surface area contributed by atoms with Crippen LogP contribution in [0, 0.1) is 5.92 Å². The number of fused-ring (bicyclic) bond motifs is 1. The number of hydrogen-bond acceptors (Lipinski definition) is 6. The van der Waals surface area contributed by atoms with E-state index >= 15 is 0 Å². The van der Waals surface area contributed by atoms with Gasteiger partial charge >= 0.3 is 5.97 Å². The van der Waals surface area contributed by atoms with Crippen molar-refractivity contribution in [3.05, 3.63) is 65.2 Å². The van der Waals surface area contributed by atoms with Gasteiger partial charge in [0.15, 0.2) is 12.4 Å². The summed E-state index contributed by atoms with van der Waals surface area (Å²) in [6.45, 7) is 4.08. The number of amides is 3. The minimum Gasteiger partial charge on any atom is -0.457 e. The highest BCUT2D eigenvalue weighted by Crippen LogP contribution is 2.29. The summed E-state index contributed by atoms with van der Waals surface area (Å²) in [5, 5.41) is 5.85. The molecule has 9 nitrogen and oxygen atoms in total. The number of carbonyl (C=O) groups is 5. The SMILES string of the molecule is CCCC[C@H](NC(=O)c1ccc2c(c1)N(CC)C(=O)CC2)C(=O)N[C@H]1CCC[C@H]1C(=O)OCC(=O)c1ccccc1. The number of rotatable bonds is 12. The summed E-state index contributed by atoms with van der Waals surface area (Å²) in [4.78, 5) is 65.9. The van der Waals surface area contributed by atoms with E-state index in [2.05, 4.69) is 10.6 Å². The van der Waals surface area contributed by atoms with Crippen molar-refractivity contribution in [2.45, 2.75) is 77.3 Å². The fourth-order valence-corrected chi connectivity index (χ4v) is 5.59. The number of aryl methyl sites for hydroxylation is 1. The topological polar surface area (TPSA) is 122 Å². The number of ether oxygens (including phenoxy) is 1. The molecule has 1 aliphatic carbocycles. The molecule has 1 saturated carbocycles. The number of unbranched alkanes of at least 4 members (excludes halogenated alkanes) is 1. The maximum atomic E-state index is 13.4. The van der Waals surface area contributed by atoms with E-state index in [1.807, 2.05) is 19.9 Å². The summed E-state index contributed by atoms with van der Waals surface area (Å²) in [6.07, 6.45) is 5.02. The largest absolute Gasteiger partial charge is 0.457 e. The van der Waals surface area contributed by atoms with Gasteiger partial charge in [0.1, 0.15) is 6.04 Å².